The summed E-state index contributed by atoms with van der Waals surface area (Å²) in [5.41, 5.74) is 3.95. The van der Waals surface area contributed by atoms with Crippen LogP contribution in [0.3, 0.4) is 0 Å². The predicted octanol–water partition coefficient (Wildman–Crippen LogP) is 6.83. The number of H-pyrrole nitrogens is 1. The summed E-state index contributed by atoms with van der Waals surface area (Å²) in [5, 5.41) is 9.53. The van der Waals surface area contributed by atoms with Crippen molar-refractivity contribution in [3.05, 3.63) is 82.9 Å². The van der Waals surface area contributed by atoms with Crippen LogP contribution in [-0.4, -0.2) is 54.8 Å². The highest BCUT2D eigenvalue weighted by Crippen LogP contribution is 2.50. The van der Waals surface area contributed by atoms with E-state index in [4.69, 9.17) is 4.99 Å². The highest BCUT2D eigenvalue weighted by Gasteiger charge is 2.53. The number of amidine groups is 1. The molecule has 2 aliphatic heterocycles. The average Bonchev–Trinajstić information content (AvgIpc) is 3.60. The van der Waals surface area contributed by atoms with Gasteiger partial charge in [0.05, 0.1) is 12.6 Å². The van der Waals surface area contributed by atoms with Crippen LogP contribution in [0, 0.1) is 17.3 Å². The summed E-state index contributed by atoms with van der Waals surface area (Å²) >= 11 is 0. The number of fused-ring (bicyclic) bond motifs is 1. The summed E-state index contributed by atoms with van der Waals surface area (Å²) in [5.74, 6) is 2.21. The van der Waals surface area contributed by atoms with Gasteiger partial charge in [0, 0.05) is 18.7 Å². The Kier molecular flexibility index (Phi) is 9.53. The quantitative estimate of drug-likeness (QED) is 0.282. The lowest BCUT2D eigenvalue weighted by molar-refractivity contribution is -0.134. The Morgan fingerprint density at radius 3 is 2.43 bits per heavy atom. The molecule has 1 saturated carbocycles. The fraction of sp³-hybridized carbons (Fsp3) is 0.553. The highest BCUT2D eigenvalue weighted by atomic mass is 16.2. The largest absolute Gasteiger partial charge is 0.348 e. The highest BCUT2D eigenvalue weighted by molar-refractivity contribution is 6.39. The third kappa shape index (κ3) is 7.14. The van der Waals surface area contributed by atoms with Gasteiger partial charge in [-0.25, -0.2) is 9.98 Å². The first-order valence-electron chi connectivity index (χ1n) is 17.5. The van der Waals surface area contributed by atoms with Crippen LogP contribution in [0.15, 0.2) is 59.9 Å². The van der Waals surface area contributed by atoms with Crippen LogP contribution < -0.4 is 5.32 Å². The SMILES string of the molecule is CC(C)CCC(c1ccc(C(=O)NCc2ncn[nH]2)cc1)N1C(=O)C(N2CCCc3ccccc3C2)=NC12CCC(C(C)(C)C)CC2. The molecule has 1 unspecified atom stereocenters. The van der Waals surface area contributed by atoms with Gasteiger partial charge in [-0.1, -0.05) is 71.0 Å². The summed E-state index contributed by atoms with van der Waals surface area (Å²) < 4.78 is 0. The van der Waals surface area contributed by atoms with E-state index in [1.165, 1.54) is 17.5 Å². The van der Waals surface area contributed by atoms with Gasteiger partial charge in [-0.2, -0.15) is 5.10 Å². The van der Waals surface area contributed by atoms with E-state index in [1.54, 1.807) is 0 Å². The number of nitrogens with zero attached hydrogens (tertiary/aromatic N) is 5. The molecule has 250 valence electrons. The molecular formula is C38H51N7O2. The zero-order valence-corrected chi connectivity index (χ0v) is 28.8. The summed E-state index contributed by atoms with van der Waals surface area (Å²) in [6.45, 7) is 13.3. The number of benzene rings is 2. The smallest absolute Gasteiger partial charge is 0.291 e. The molecule has 0 radical (unpaired) electrons. The zero-order valence-electron chi connectivity index (χ0n) is 28.8. The monoisotopic (exact) mass is 637 g/mol. The maximum atomic E-state index is 14.9. The molecule has 1 aliphatic carbocycles. The number of nitrogens with one attached hydrogen (secondary N) is 2. The molecule has 1 aromatic heterocycles. The second-order valence-electron chi connectivity index (χ2n) is 15.3. The molecule has 2 aromatic carbocycles. The van der Waals surface area contributed by atoms with Gasteiger partial charge in [-0.3, -0.25) is 14.7 Å². The molecule has 1 atom stereocenters. The fourth-order valence-corrected chi connectivity index (χ4v) is 7.79. The van der Waals surface area contributed by atoms with Crippen LogP contribution in [-0.2, 0) is 24.3 Å². The summed E-state index contributed by atoms with van der Waals surface area (Å²) in [4.78, 5) is 41.9. The number of aromatic nitrogens is 3. The molecule has 3 heterocycles. The van der Waals surface area contributed by atoms with E-state index in [2.05, 4.69) is 89.2 Å². The van der Waals surface area contributed by atoms with Gasteiger partial charge in [0.1, 0.15) is 17.8 Å². The number of aliphatic imine (C=N–C) groups is 1. The van der Waals surface area contributed by atoms with Crippen molar-refractivity contribution >= 4 is 17.6 Å². The van der Waals surface area contributed by atoms with Crippen molar-refractivity contribution in [1.82, 2.24) is 30.3 Å². The molecule has 2 N–H and O–H groups in total. The Morgan fingerprint density at radius 2 is 1.77 bits per heavy atom. The molecule has 47 heavy (non-hydrogen) atoms. The van der Waals surface area contributed by atoms with Crippen LogP contribution in [0.4, 0.5) is 0 Å². The van der Waals surface area contributed by atoms with E-state index < -0.39 is 5.66 Å². The second kappa shape index (κ2) is 13.6. The number of rotatable bonds is 8. The van der Waals surface area contributed by atoms with Gasteiger partial charge >= 0.3 is 0 Å². The van der Waals surface area contributed by atoms with E-state index in [1.807, 2.05) is 24.3 Å². The van der Waals surface area contributed by atoms with Crippen molar-refractivity contribution in [2.24, 2.45) is 22.2 Å². The molecule has 6 rings (SSSR count). The molecule has 1 fully saturated rings. The summed E-state index contributed by atoms with van der Waals surface area (Å²) in [7, 11) is 0. The van der Waals surface area contributed by atoms with E-state index in [-0.39, 0.29) is 29.8 Å². The Morgan fingerprint density at radius 1 is 1.04 bits per heavy atom. The van der Waals surface area contributed by atoms with Crippen LogP contribution in [0.5, 0.6) is 0 Å². The molecule has 0 bridgehead atoms. The number of carbonyl (C=O) groups is 2. The molecule has 1 spiro atoms. The number of carbonyl (C=O) groups excluding carboxylic acids is 2. The van der Waals surface area contributed by atoms with E-state index >= 15 is 0 Å². The molecule has 9 nitrogen and oxygen atoms in total. The summed E-state index contributed by atoms with van der Waals surface area (Å²) in [6.07, 6.45) is 9.12. The third-order valence-corrected chi connectivity index (χ3v) is 10.6. The van der Waals surface area contributed by atoms with Gasteiger partial charge in [-0.05, 0) is 97.4 Å². The minimum Gasteiger partial charge on any atom is -0.348 e. The minimum absolute atomic E-state index is 0.0567. The van der Waals surface area contributed by atoms with Crippen LogP contribution in [0.25, 0.3) is 0 Å². The van der Waals surface area contributed by atoms with Crippen molar-refractivity contribution in [2.75, 3.05) is 6.54 Å². The van der Waals surface area contributed by atoms with Crippen LogP contribution in [0.1, 0.15) is 118 Å². The number of aryl methyl sites for hydroxylation is 1. The molecule has 3 aromatic rings. The van der Waals surface area contributed by atoms with E-state index in [9.17, 15) is 9.59 Å². The minimum atomic E-state index is -0.561. The zero-order chi connectivity index (χ0) is 33.2. The molecule has 0 saturated heterocycles. The average molecular weight is 638 g/mol. The maximum absolute atomic E-state index is 14.9. The lowest BCUT2D eigenvalue weighted by Crippen LogP contribution is -2.52. The standard InChI is InChI=1S/C38H51N7O2/c1-26(2)12-17-32(28-13-15-29(16-14-28)35(46)39-23-33-40-25-41-43-33)45-36(47)34(42-38(45)20-18-31(19-21-38)37(3,4)5)44-22-8-11-27-9-6-7-10-30(27)24-44/h6-7,9-10,13-16,25-26,31-32H,8,11-12,17-24H2,1-5H3,(H,39,46)(H,40,41,43). The van der Waals surface area contributed by atoms with Gasteiger partial charge in [0.25, 0.3) is 11.8 Å². The first kappa shape index (κ1) is 32.9. The first-order valence-corrected chi connectivity index (χ1v) is 17.5. The Balaban J connectivity index is 1.32. The molecular weight excluding hydrogens is 586 g/mol. The van der Waals surface area contributed by atoms with Gasteiger partial charge < -0.3 is 15.1 Å². The predicted molar refractivity (Wildman–Crippen MR) is 184 cm³/mol. The Labute approximate surface area is 279 Å². The van der Waals surface area contributed by atoms with Crippen molar-refractivity contribution in [3.63, 3.8) is 0 Å². The van der Waals surface area contributed by atoms with Crippen molar-refractivity contribution in [2.45, 2.75) is 111 Å². The Bertz CT molecular complexity index is 1560. The van der Waals surface area contributed by atoms with Gasteiger partial charge in [0.15, 0.2) is 5.84 Å². The lowest BCUT2D eigenvalue weighted by Gasteiger charge is -2.47. The second-order valence-corrected chi connectivity index (χ2v) is 15.3. The third-order valence-electron chi connectivity index (χ3n) is 10.6. The maximum Gasteiger partial charge on any atom is 0.291 e. The molecule has 2 amide bonds. The van der Waals surface area contributed by atoms with Gasteiger partial charge in [0.2, 0.25) is 0 Å². The number of hydrogen-bond acceptors (Lipinski definition) is 6. The normalized spacial score (nSPS) is 22.3. The topological polar surface area (TPSA) is 107 Å². The molecule has 3 aliphatic rings. The number of amides is 2. The van der Waals surface area contributed by atoms with Gasteiger partial charge in [-0.15, -0.1) is 0 Å². The summed E-state index contributed by atoms with van der Waals surface area (Å²) in [6, 6.07) is 16.3. The Hall–Kier alpha value is -4.01. The van der Waals surface area contributed by atoms with Crippen LogP contribution >= 0.6 is 0 Å². The van der Waals surface area contributed by atoms with Crippen LogP contribution in [0.2, 0.25) is 0 Å². The molecule has 9 heteroatoms. The number of hydrogen-bond donors (Lipinski definition) is 2. The van der Waals surface area contributed by atoms with Crippen molar-refractivity contribution in [3.8, 4) is 0 Å². The fourth-order valence-electron chi connectivity index (χ4n) is 7.79. The lowest BCUT2D eigenvalue weighted by atomic mass is 9.69. The van der Waals surface area contributed by atoms with Crippen molar-refractivity contribution < 1.29 is 9.59 Å². The van der Waals surface area contributed by atoms with Crippen molar-refractivity contribution in [1.29, 1.82) is 0 Å². The first-order chi connectivity index (χ1) is 22.5. The number of aromatic amines is 1. The van der Waals surface area contributed by atoms with E-state index in [0.29, 0.717) is 35.6 Å². The van der Waals surface area contributed by atoms with E-state index in [0.717, 1.165) is 63.5 Å².